The first kappa shape index (κ1) is 10.4. The van der Waals surface area contributed by atoms with Crippen molar-refractivity contribution in [1.82, 2.24) is 4.98 Å². The Bertz CT molecular complexity index is 254. The summed E-state index contributed by atoms with van der Waals surface area (Å²) < 4.78 is 0. The van der Waals surface area contributed by atoms with Gasteiger partial charge in [0.2, 0.25) is 0 Å². The number of aliphatic hydroxyl groups is 1. The van der Waals surface area contributed by atoms with Gasteiger partial charge in [-0.3, -0.25) is 0 Å². The topological polar surface area (TPSA) is 33.1 Å². The van der Waals surface area contributed by atoms with Gasteiger partial charge in [0.25, 0.3) is 0 Å². The molecule has 2 nitrogen and oxygen atoms in total. The van der Waals surface area contributed by atoms with Crippen LogP contribution in [0.5, 0.6) is 0 Å². The second-order valence-electron chi connectivity index (χ2n) is 3.43. The number of rotatable bonds is 5. The maximum Gasteiger partial charge on any atom is 0.0953 e. The van der Waals surface area contributed by atoms with Gasteiger partial charge in [0.05, 0.1) is 10.6 Å². The summed E-state index contributed by atoms with van der Waals surface area (Å²) in [4.78, 5) is 4.14. The van der Waals surface area contributed by atoms with E-state index in [2.05, 4.69) is 11.6 Å². The van der Waals surface area contributed by atoms with Crippen LogP contribution in [0, 0.1) is 0 Å². The predicted molar refractivity (Wildman–Crippen MR) is 55.9 cm³/mol. The maximum absolute atomic E-state index is 9.94. The summed E-state index contributed by atoms with van der Waals surface area (Å²) in [5.41, 5.74) is -0.647. The zero-order chi connectivity index (χ0) is 9.73. The molecule has 1 heterocycles. The first-order chi connectivity index (χ1) is 6.14. The van der Waals surface area contributed by atoms with Crippen LogP contribution >= 0.6 is 11.3 Å². The molecule has 0 saturated carbocycles. The second-order valence-corrected chi connectivity index (χ2v) is 4.41. The number of aromatic nitrogens is 1. The van der Waals surface area contributed by atoms with Crippen LogP contribution in [0.3, 0.4) is 0 Å². The van der Waals surface area contributed by atoms with E-state index in [4.69, 9.17) is 0 Å². The first-order valence-electron chi connectivity index (χ1n) is 4.36. The Hall–Kier alpha value is -0.670. The third kappa shape index (κ3) is 3.70. The van der Waals surface area contributed by atoms with Crippen molar-refractivity contribution < 1.29 is 5.11 Å². The molecule has 0 bridgehead atoms. The monoisotopic (exact) mass is 197 g/mol. The zero-order valence-corrected chi connectivity index (χ0v) is 8.68. The van der Waals surface area contributed by atoms with Gasteiger partial charge in [-0.25, -0.2) is 4.98 Å². The highest BCUT2D eigenvalue weighted by Crippen LogP contribution is 2.19. The molecule has 0 aliphatic heterocycles. The lowest BCUT2D eigenvalue weighted by atomic mass is 9.97. The zero-order valence-electron chi connectivity index (χ0n) is 7.86. The Morgan fingerprint density at radius 3 is 3.08 bits per heavy atom. The van der Waals surface area contributed by atoms with E-state index in [-0.39, 0.29) is 0 Å². The molecule has 1 N–H and O–H groups in total. The minimum Gasteiger partial charge on any atom is -0.390 e. The molecule has 1 aromatic rings. The van der Waals surface area contributed by atoms with Gasteiger partial charge in [0.1, 0.15) is 0 Å². The molecule has 1 rings (SSSR count). The summed E-state index contributed by atoms with van der Waals surface area (Å²) in [6.45, 7) is 5.48. The number of hydrogen-bond acceptors (Lipinski definition) is 3. The van der Waals surface area contributed by atoms with Crippen LogP contribution in [0.15, 0.2) is 24.2 Å². The third-order valence-electron chi connectivity index (χ3n) is 1.90. The highest BCUT2D eigenvalue weighted by atomic mass is 32.1. The Morgan fingerprint density at radius 1 is 1.77 bits per heavy atom. The average molecular weight is 197 g/mol. The van der Waals surface area contributed by atoms with Crippen molar-refractivity contribution in [2.45, 2.75) is 31.8 Å². The fourth-order valence-corrected chi connectivity index (χ4v) is 1.96. The molecule has 0 fully saturated rings. The Kier molecular flexibility index (Phi) is 3.63. The second kappa shape index (κ2) is 4.53. The van der Waals surface area contributed by atoms with E-state index in [0.29, 0.717) is 6.42 Å². The van der Waals surface area contributed by atoms with Gasteiger partial charge < -0.3 is 5.11 Å². The van der Waals surface area contributed by atoms with Crippen molar-refractivity contribution in [2.24, 2.45) is 0 Å². The molecule has 72 valence electrons. The predicted octanol–water partition coefficient (Wildman–Crippen LogP) is 2.40. The molecule has 1 atom stereocenters. The van der Waals surface area contributed by atoms with Crippen LogP contribution in [0.25, 0.3) is 0 Å². The van der Waals surface area contributed by atoms with Gasteiger partial charge in [0, 0.05) is 18.0 Å². The number of allylic oxidation sites excluding steroid dienone is 1. The molecule has 13 heavy (non-hydrogen) atoms. The van der Waals surface area contributed by atoms with Gasteiger partial charge in [-0.15, -0.1) is 17.9 Å². The molecular formula is C10H15NOS. The molecule has 0 aromatic carbocycles. The molecule has 0 aliphatic rings. The summed E-state index contributed by atoms with van der Waals surface area (Å²) in [7, 11) is 0. The van der Waals surface area contributed by atoms with Crippen molar-refractivity contribution in [1.29, 1.82) is 0 Å². The summed E-state index contributed by atoms with van der Waals surface area (Å²) in [6, 6.07) is 0. The minimum atomic E-state index is -0.647. The molecule has 1 unspecified atom stereocenters. The van der Waals surface area contributed by atoms with Gasteiger partial charge in [-0.2, -0.15) is 0 Å². The van der Waals surface area contributed by atoms with Crippen molar-refractivity contribution >= 4 is 11.3 Å². The standard InChI is InChI=1S/C10H15NOS/c1-3-4-5-10(2,12)8-9-11-6-7-13-9/h3,6-7,12H,1,4-5,8H2,2H3. The molecule has 0 spiro atoms. The first-order valence-corrected chi connectivity index (χ1v) is 5.24. The van der Waals surface area contributed by atoms with Gasteiger partial charge in [-0.1, -0.05) is 6.08 Å². The lowest BCUT2D eigenvalue weighted by molar-refractivity contribution is 0.0523. The van der Waals surface area contributed by atoms with Crippen LogP contribution in [0.1, 0.15) is 24.8 Å². The fourth-order valence-electron chi connectivity index (χ4n) is 1.17. The van der Waals surface area contributed by atoms with E-state index in [0.717, 1.165) is 17.8 Å². The van der Waals surface area contributed by atoms with Crippen LogP contribution < -0.4 is 0 Å². The third-order valence-corrected chi connectivity index (χ3v) is 2.68. The number of thiazole rings is 1. The van der Waals surface area contributed by atoms with E-state index >= 15 is 0 Å². The van der Waals surface area contributed by atoms with Crippen molar-refractivity contribution in [3.05, 3.63) is 29.2 Å². The summed E-state index contributed by atoms with van der Waals surface area (Å²) >= 11 is 1.59. The quantitative estimate of drug-likeness (QED) is 0.735. The molecule has 0 saturated heterocycles. The van der Waals surface area contributed by atoms with Crippen molar-refractivity contribution in [2.75, 3.05) is 0 Å². The highest BCUT2D eigenvalue weighted by Gasteiger charge is 2.20. The van der Waals surface area contributed by atoms with Crippen molar-refractivity contribution in [3.8, 4) is 0 Å². The molecule has 3 heteroatoms. The Labute approximate surface area is 83.0 Å². The van der Waals surface area contributed by atoms with E-state index in [1.54, 1.807) is 17.5 Å². The van der Waals surface area contributed by atoms with E-state index < -0.39 is 5.60 Å². The van der Waals surface area contributed by atoms with Crippen molar-refractivity contribution in [3.63, 3.8) is 0 Å². The van der Waals surface area contributed by atoms with E-state index in [9.17, 15) is 5.11 Å². The molecule has 0 radical (unpaired) electrons. The summed E-state index contributed by atoms with van der Waals surface area (Å²) in [6.07, 6.45) is 5.83. The molecular weight excluding hydrogens is 182 g/mol. The largest absolute Gasteiger partial charge is 0.390 e. The SMILES string of the molecule is C=CCCC(C)(O)Cc1nccs1. The fraction of sp³-hybridized carbons (Fsp3) is 0.500. The van der Waals surface area contributed by atoms with Crippen LogP contribution in [-0.2, 0) is 6.42 Å². The van der Waals surface area contributed by atoms with Crippen LogP contribution in [-0.4, -0.2) is 15.7 Å². The number of hydrogen-bond donors (Lipinski definition) is 1. The average Bonchev–Trinajstić information content (AvgIpc) is 2.52. The van der Waals surface area contributed by atoms with Gasteiger partial charge in [0.15, 0.2) is 0 Å². The number of nitrogens with zero attached hydrogens (tertiary/aromatic N) is 1. The van der Waals surface area contributed by atoms with Crippen LogP contribution in [0.4, 0.5) is 0 Å². The normalized spacial score (nSPS) is 15.2. The smallest absolute Gasteiger partial charge is 0.0953 e. The minimum absolute atomic E-state index is 0.637. The van der Waals surface area contributed by atoms with Gasteiger partial charge >= 0.3 is 0 Å². The van der Waals surface area contributed by atoms with E-state index in [1.807, 2.05) is 18.4 Å². The Morgan fingerprint density at radius 2 is 2.54 bits per heavy atom. The summed E-state index contributed by atoms with van der Waals surface area (Å²) in [5, 5.41) is 12.9. The maximum atomic E-state index is 9.94. The lowest BCUT2D eigenvalue weighted by Gasteiger charge is -2.20. The molecule has 0 amide bonds. The summed E-state index contributed by atoms with van der Waals surface area (Å²) in [5.74, 6) is 0. The molecule has 1 aromatic heterocycles. The van der Waals surface area contributed by atoms with E-state index in [1.165, 1.54) is 0 Å². The molecule has 0 aliphatic carbocycles. The van der Waals surface area contributed by atoms with Gasteiger partial charge in [-0.05, 0) is 19.8 Å². The Balaban J connectivity index is 2.46. The van der Waals surface area contributed by atoms with Crippen LogP contribution in [0.2, 0.25) is 0 Å². The lowest BCUT2D eigenvalue weighted by Crippen LogP contribution is -2.26. The highest BCUT2D eigenvalue weighted by molar-refractivity contribution is 7.09.